The lowest BCUT2D eigenvalue weighted by Gasteiger charge is -2.19. The number of aromatic nitrogens is 1. The Labute approximate surface area is 185 Å². The van der Waals surface area contributed by atoms with E-state index in [9.17, 15) is 13.2 Å². The zero-order valence-corrected chi connectivity index (χ0v) is 18.4. The van der Waals surface area contributed by atoms with E-state index >= 15 is 0 Å². The van der Waals surface area contributed by atoms with Gasteiger partial charge in [-0.25, -0.2) is 8.42 Å². The number of halogens is 1. The minimum absolute atomic E-state index is 0.0993. The highest BCUT2D eigenvalue weighted by Gasteiger charge is 2.36. The fourth-order valence-electron chi connectivity index (χ4n) is 4.37. The van der Waals surface area contributed by atoms with E-state index in [0.29, 0.717) is 23.5 Å². The molecule has 0 saturated carbocycles. The number of anilines is 1. The second kappa shape index (κ2) is 7.94. The number of nitrogens with zero attached hydrogens (tertiary/aromatic N) is 1. The molecule has 31 heavy (non-hydrogen) atoms. The fourth-order valence-corrected chi connectivity index (χ4v) is 5.83. The van der Waals surface area contributed by atoms with Crippen molar-refractivity contribution in [3.05, 3.63) is 58.7 Å². The van der Waals surface area contributed by atoms with Gasteiger partial charge in [0, 0.05) is 29.3 Å². The van der Waals surface area contributed by atoms with Gasteiger partial charge in [-0.15, -0.1) is 0 Å². The molecule has 3 N–H and O–H groups in total. The van der Waals surface area contributed by atoms with E-state index in [1.165, 1.54) is 23.3 Å². The number of hydrogen-bond donors (Lipinski definition) is 3. The van der Waals surface area contributed by atoms with Gasteiger partial charge in [0.1, 0.15) is 6.04 Å². The molecule has 0 aliphatic carbocycles. The van der Waals surface area contributed by atoms with Gasteiger partial charge in [-0.2, -0.15) is 4.72 Å². The number of carbonyl (C=O) groups excluding carboxylic acids is 1. The molecule has 1 amide bonds. The number of benzene rings is 2. The summed E-state index contributed by atoms with van der Waals surface area (Å²) in [5, 5.41) is 4.67. The molecule has 3 aromatic rings. The number of carbonyl (C=O) groups is 1. The van der Waals surface area contributed by atoms with Crippen LogP contribution in [-0.2, 0) is 27.7 Å². The molecule has 1 atom stereocenters. The molecule has 7 nitrogen and oxygen atoms in total. The third-order valence-electron chi connectivity index (χ3n) is 6.06. The first-order valence-electron chi connectivity index (χ1n) is 10.4. The second-order valence-electron chi connectivity index (χ2n) is 8.00. The minimum atomic E-state index is -3.85. The lowest BCUT2D eigenvalue weighted by Crippen LogP contribution is -2.41. The number of sulfonamides is 1. The molecule has 2 aliphatic rings. The molecule has 0 unspecified atom stereocenters. The van der Waals surface area contributed by atoms with Crippen LogP contribution in [0.25, 0.3) is 10.9 Å². The summed E-state index contributed by atoms with van der Waals surface area (Å²) >= 11 is 6.07. The van der Waals surface area contributed by atoms with Crippen molar-refractivity contribution < 1.29 is 13.2 Å². The summed E-state index contributed by atoms with van der Waals surface area (Å²) in [6.07, 6.45) is 3.94. The van der Waals surface area contributed by atoms with Crippen LogP contribution in [0.3, 0.4) is 0 Å². The SMILES string of the molecule is O=C1[C@@H](NS(=O)(=O)c2ccc3c(Cl)c[nH]c3c2)CCN1c1ccc2c(c1)CCNCC2. The third kappa shape index (κ3) is 3.85. The molecule has 2 aromatic carbocycles. The topological polar surface area (TPSA) is 94.3 Å². The summed E-state index contributed by atoms with van der Waals surface area (Å²) in [6.45, 7) is 2.36. The Bertz CT molecular complexity index is 1270. The molecule has 0 spiro atoms. The Balaban J connectivity index is 1.35. The highest BCUT2D eigenvalue weighted by atomic mass is 35.5. The first kappa shape index (κ1) is 20.5. The van der Waals surface area contributed by atoms with Crippen LogP contribution in [0.2, 0.25) is 5.02 Å². The molecule has 5 rings (SSSR count). The largest absolute Gasteiger partial charge is 0.360 e. The van der Waals surface area contributed by atoms with Crippen LogP contribution in [0.4, 0.5) is 5.69 Å². The number of aromatic amines is 1. The molecule has 3 heterocycles. The van der Waals surface area contributed by atoms with Gasteiger partial charge in [0.05, 0.1) is 9.92 Å². The van der Waals surface area contributed by atoms with Gasteiger partial charge in [-0.3, -0.25) is 4.79 Å². The molecule has 162 valence electrons. The van der Waals surface area contributed by atoms with Crippen LogP contribution in [0.15, 0.2) is 47.5 Å². The van der Waals surface area contributed by atoms with Crippen LogP contribution in [0.1, 0.15) is 17.5 Å². The Morgan fingerprint density at radius 2 is 1.87 bits per heavy atom. The first-order chi connectivity index (χ1) is 14.9. The maximum absolute atomic E-state index is 13.0. The van der Waals surface area contributed by atoms with Gasteiger partial charge in [-0.05, 0) is 73.8 Å². The van der Waals surface area contributed by atoms with Crippen molar-refractivity contribution in [3.8, 4) is 0 Å². The van der Waals surface area contributed by atoms with E-state index < -0.39 is 16.1 Å². The van der Waals surface area contributed by atoms with Crippen LogP contribution in [0, 0.1) is 0 Å². The maximum Gasteiger partial charge on any atom is 0.245 e. The van der Waals surface area contributed by atoms with E-state index in [4.69, 9.17) is 11.6 Å². The Morgan fingerprint density at radius 1 is 1.06 bits per heavy atom. The van der Waals surface area contributed by atoms with Crippen molar-refractivity contribution in [2.45, 2.75) is 30.2 Å². The average molecular weight is 459 g/mol. The van der Waals surface area contributed by atoms with E-state index in [1.54, 1.807) is 17.2 Å². The summed E-state index contributed by atoms with van der Waals surface area (Å²) in [5.74, 6) is -0.223. The van der Waals surface area contributed by atoms with Crippen molar-refractivity contribution in [3.63, 3.8) is 0 Å². The summed E-state index contributed by atoms with van der Waals surface area (Å²) in [6, 6.07) is 10.0. The van der Waals surface area contributed by atoms with Gasteiger partial charge >= 0.3 is 0 Å². The Morgan fingerprint density at radius 3 is 2.71 bits per heavy atom. The number of fused-ring (bicyclic) bond motifs is 2. The first-order valence-corrected chi connectivity index (χ1v) is 12.2. The lowest BCUT2D eigenvalue weighted by molar-refractivity contribution is -0.118. The highest BCUT2D eigenvalue weighted by molar-refractivity contribution is 7.89. The van der Waals surface area contributed by atoms with Gasteiger partial charge < -0.3 is 15.2 Å². The van der Waals surface area contributed by atoms with Gasteiger partial charge in [0.25, 0.3) is 0 Å². The summed E-state index contributed by atoms with van der Waals surface area (Å²) in [4.78, 5) is 17.8. The quantitative estimate of drug-likeness (QED) is 0.560. The Hall–Kier alpha value is -2.39. The predicted molar refractivity (Wildman–Crippen MR) is 121 cm³/mol. The van der Waals surface area contributed by atoms with E-state index in [1.807, 2.05) is 6.07 Å². The van der Waals surface area contributed by atoms with Crippen LogP contribution >= 0.6 is 11.6 Å². The number of rotatable bonds is 4. The van der Waals surface area contributed by atoms with Crippen molar-refractivity contribution in [2.75, 3.05) is 24.5 Å². The van der Waals surface area contributed by atoms with E-state index in [-0.39, 0.29) is 10.8 Å². The summed E-state index contributed by atoms with van der Waals surface area (Å²) in [5.41, 5.74) is 4.01. The second-order valence-corrected chi connectivity index (χ2v) is 10.1. The van der Waals surface area contributed by atoms with E-state index in [0.717, 1.165) is 37.0 Å². The molecule has 9 heteroatoms. The number of H-pyrrole nitrogens is 1. The monoisotopic (exact) mass is 458 g/mol. The van der Waals surface area contributed by atoms with Crippen LogP contribution in [0.5, 0.6) is 0 Å². The third-order valence-corrected chi connectivity index (χ3v) is 7.84. The average Bonchev–Trinajstić information content (AvgIpc) is 3.20. The lowest BCUT2D eigenvalue weighted by atomic mass is 10.0. The molecular formula is C22H23ClN4O3S. The smallest absolute Gasteiger partial charge is 0.245 e. The van der Waals surface area contributed by atoms with Crippen molar-refractivity contribution in [1.29, 1.82) is 0 Å². The van der Waals surface area contributed by atoms with Crippen molar-refractivity contribution in [1.82, 2.24) is 15.0 Å². The molecule has 2 aliphatic heterocycles. The standard InChI is InChI=1S/C22H23ClN4O3S/c23-19-13-25-21-12-17(3-4-18(19)21)31(29,30)26-20-7-10-27(22(20)28)16-2-1-14-5-8-24-9-6-15(14)11-16/h1-4,11-13,20,24-26H,5-10H2/t20-/m0/s1. The van der Waals surface area contributed by atoms with Crippen molar-refractivity contribution in [2.24, 2.45) is 0 Å². The molecule has 1 aromatic heterocycles. The molecular weight excluding hydrogens is 436 g/mol. The number of amides is 1. The van der Waals surface area contributed by atoms with Crippen molar-refractivity contribution >= 4 is 44.1 Å². The summed E-state index contributed by atoms with van der Waals surface area (Å²) in [7, 11) is -3.85. The van der Waals surface area contributed by atoms with Crippen LogP contribution in [-0.4, -0.2) is 45.0 Å². The molecule has 0 radical (unpaired) electrons. The molecule has 1 fully saturated rings. The van der Waals surface area contributed by atoms with E-state index in [2.05, 4.69) is 27.2 Å². The van der Waals surface area contributed by atoms with Gasteiger partial charge in [-0.1, -0.05) is 17.7 Å². The van der Waals surface area contributed by atoms with Gasteiger partial charge in [0.15, 0.2) is 0 Å². The molecule has 1 saturated heterocycles. The maximum atomic E-state index is 13.0. The normalized spacial score (nSPS) is 19.6. The highest BCUT2D eigenvalue weighted by Crippen LogP contribution is 2.28. The fraction of sp³-hybridized carbons (Fsp3) is 0.318. The zero-order chi connectivity index (χ0) is 21.6. The molecule has 0 bridgehead atoms. The minimum Gasteiger partial charge on any atom is -0.360 e. The summed E-state index contributed by atoms with van der Waals surface area (Å²) < 4.78 is 28.4. The zero-order valence-electron chi connectivity index (χ0n) is 16.8. The predicted octanol–water partition coefficient (Wildman–Crippen LogP) is 2.59. The van der Waals surface area contributed by atoms with Gasteiger partial charge in [0.2, 0.25) is 15.9 Å². The number of nitrogens with one attached hydrogen (secondary N) is 3. The van der Waals surface area contributed by atoms with Crippen LogP contribution < -0.4 is 14.9 Å². The Kier molecular flexibility index (Phi) is 5.26. The number of hydrogen-bond acceptors (Lipinski definition) is 4.